The second-order valence-corrected chi connectivity index (χ2v) is 6.14. The summed E-state index contributed by atoms with van der Waals surface area (Å²) in [7, 11) is 1.82. The van der Waals surface area contributed by atoms with Crippen LogP contribution in [0.25, 0.3) is 0 Å². The number of hydrogen-bond acceptors (Lipinski definition) is 3. The van der Waals surface area contributed by atoms with Gasteiger partial charge in [0.25, 0.3) is 0 Å². The van der Waals surface area contributed by atoms with Crippen LogP contribution in [0.5, 0.6) is 11.5 Å². The molecule has 1 saturated carbocycles. The predicted molar refractivity (Wildman–Crippen MR) is 95.9 cm³/mol. The molecule has 0 aromatic heterocycles. The molecule has 130 valence electrons. The van der Waals surface area contributed by atoms with Crippen LogP contribution < -0.4 is 15.8 Å². The number of carbonyl (C=O) groups excluding carboxylic acids is 2. The van der Waals surface area contributed by atoms with E-state index in [2.05, 4.69) is 5.32 Å². The first kappa shape index (κ1) is 16.8. The van der Waals surface area contributed by atoms with E-state index in [0.29, 0.717) is 28.8 Å². The molecule has 0 heterocycles. The molecule has 1 fully saturated rings. The molecule has 3 amide bonds. The number of primary amides is 1. The molecule has 0 atom stereocenters. The van der Waals surface area contributed by atoms with Gasteiger partial charge in [0.15, 0.2) is 0 Å². The number of nitrogens with two attached hydrogens (primary N) is 1. The number of ether oxygens (including phenoxy) is 1. The number of urea groups is 1. The molecule has 1 aliphatic carbocycles. The Morgan fingerprint density at radius 3 is 2.44 bits per heavy atom. The summed E-state index contributed by atoms with van der Waals surface area (Å²) in [5.74, 6) is 0.629. The fraction of sp³-hybridized carbons (Fsp3) is 0.263. The van der Waals surface area contributed by atoms with Crippen molar-refractivity contribution in [1.29, 1.82) is 0 Å². The Morgan fingerprint density at radius 2 is 1.84 bits per heavy atom. The van der Waals surface area contributed by atoms with E-state index in [1.807, 2.05) is 7.05 Å². The minimum atomic E-state index is -0.501. The van der Waals surface area contributed by atoms with Crippen molar-refractivity contribution in [2.45, 2.75) is 25.3 Å². The molecule has 0 radical (unpaired) electrons. The van der Waals surface area contributed by atoms with Crippen LogP contribution in [-0.4, -0.2) is 29.9 Å². The molecular weight excluding hydrogens is 318 g/mol. The summed E-state index contributed by atoms with van der Waals surface area (Å²) in [4.78, 5) is 25.1. The lowest BCUT2D eigenvalue weighted by atomic mass is 9.92. The average Bonchev–Trinajstić information content (AvgIpc) is 2.55. The largest absolute Gasteiger partial charge is 0.457 e. The van der Waals surface area contributed by atoms with Gasteiger partial charge in [-0.05, 0) is 61.7 Å². The minimum absolute atomic E-state index is 0.104. The second-order valence-electron chi connectivity index (χ2n) is 6.14. The first-order chi connectivity index (χ1) is 12.0. The Hall–Kier alpha value is -3.02. The highest BCUT2D eigenvalue weighted by Crippen LogP contribution is 2.26. The quantitative estimate of drug-likeness (QED) is 0.873. The van der Waals surface area contributed by atoms with Crippen molar-refractivity contribution in [3.05, 3.63) is 54.1 Å². The van der Waals surface area contributed by atoms with Crippen LogP contribution in [0, 0.1) is 0 Å². The van der Waals surface area contributed by atoms with Gasteiger partial charge in [0.05, 0.1) is 0 Å². The van der Waals surface area contributed by atoms with Gasteiger partial charge in [-0.3, -0.25) is 4.79 Å². The number of rotatable bonds is 5. The van der Waals surface area contributed by atoms with Crippen LogP contribution in [0.2, 0.25) is 0 Å². The summed E-state index contributed by atoms with van der Waals surface area (Å²) in [6.45, 7) is 0. The maximum atomic E-state index is 12.2. The number of nitrogens with one attached hydrogen (secondary N) is 1. The van der Waals surface area contributed by atoms with Crippen molar-refractivity contribution < 1.29 is 14.3 Å². The molecule has 3 N–H and O–H groups in total. The van der Waals surface area contributed by atoms with Crippen LogP contribution in [0.1, 0.15) is 29.6 Å². The fourth-order valence-electron chi connectivity index (χ4n) is 2.61. The highest BCUT2D eigenvalue weighted by atomic mass is 16.5. The highest BCUT2D eigenvalue weighted by Gasteiger charge is 2.25. The normalized spacial score (nSPS) is 13.6. The Bertz CT molecular complexity index is 770. The van der Waals surface area contributed by atoms with Crippen molar-refractivity contribution in [3.63, 3.8) is 0 Å². The molecule has 0 aliphatic heterocycles. The predicted octanol–water partition coefficient (Wildman–Crippen LogP) is 3.59. The summed E-state index contributed by atoms with van der Waals surface area (Å²) in [6.07, 6.45) is 3.33. The molecule has 1 aliphatic rings. The maximum Gasteiger partial charge on any atom is 0.321 e. The number of nitrogens with zero attached hydrogens (tertiary/aromatic N) is 1. The molecule has 0 bridgehead atoms. The zero-order chi connectivity index (χ0) is 17.8. The Balaban J connectivity index is 1.61. The molecule has 0 spiro atoms. The van der Waals surface area contributed by atoms with Gasteiger partial charge < -0.3 is 20.7 Å². The van der Waals surface area contributed by atoms with Gasteiger partial charge in [-0.15, -0.1) is 0 Å². The number of benzene rings is 2. The van der Waals surface area contributed by atoms with Crippen molar-refractivity contribution in [2.24, 2.45) is 5.73 Å². The Morgan fingerprint density at radius 1 is 1.12 bits per heavy atom. The van der Waals surface area contributed by atoms with Crippen molar-refractivity contribution in [3.8, 4) is 11.5 Å². The summed E-state index contributed by atoms with van der Waals surface area (Å²) in [6, 6.07) is 14.0. The molecule has 0 unspecified atom stereocenters. The van der Waals surface area contributed by atoms with E-state index >= 15 is 0 Å². The van der Waals surface area contributed by atoms with Crippen LogP contribution in [0.4, 0.5) is 10.5 Å². The monoisotopic (exact) mass is 339 g/mol. The Kier molecular flexibility index (Phi) is 4.88. The summed E-state index contributed by atoms with van der Waals surface area (Å²) < 4.78 is 5.71. The van der Waals surface area contributed by atoms with Crippen LogP contribution in [-0.2, 0) is 0 Å². The molecule has 0 saturated heterocycles. The number of carbonyl (C=O) groups is 2. The highest BCUT2D eigenvalue weighted by molar-refractivity contribution is 5.93. The van der Waals surface area contributed by atoms with Gasteiger partial charge in [-0.2, -0.15) is 0 Å². The number of hydrogen-bond donors (Lipinski definition) is 2. The van der Waals surface area contributed by atoms with Crippen LogP contribution >= 0.6 is 0 Å². The van der Waals surface area contributed by atoms with Crippen molar-refractivity contribution >= 4 is 17.6 Å². The van der Waals surface area contributed by atoms with E-state index in [4.69, 9.17) is 10.5 Å². The molecule has 6 heteroatoms. The lowest BCUT2D eigenvalue weighted by molar-refractivity contribution is 0.1000. The van der Waals surface area contributed by atoms with Gasteiger partial charge >= 0.3 is 6.03 Å². The van der Waals surface area contributed by atoms with E-state index in [1.165, 1.54) is 6.42 Å². The number of anilines is 1. The molecule has 2 aromatic carbocycles. The van der Waals surface area contributed by atoms with Gasteiger partial charge in [0.1, 0.15) is 11.5 Å². The fourth-order valence-corrected chi connectivity index (χ4v) is 2.61. The SMILES string of the molecule is CN(C(=O)Nc1ccc(Oc2cccc(C(N)=O)c2)cc1)C1CCC1. The molecule has 25 heavy (non-hydrogen) atoms. The number of amides is 3. The van der Waals surface area contributed by atoms with Gasteiger partial charge in [0.2, 0.25) is 5.91 Å². The molecular formula is C19H21N3O3. The molecule has 3 rings (SSSR count). The summed E-state index contributed by atoms with van der Waals surface area (Å²) in [5, 5.41) is 2.88. The van der Waals surface area contributed by atoms with E-state index in [1.54, 1.807) is 53.4 Å². The zero-order valence-corrected chi connectivity index (χ0v) is 14.1. The minimum Gasteiger partial charge on any atom is -0.457 e. The third-order valence-corrected chi connectivity index (χ3v) is 4.40. The third-order valence-electron chi connectivity index (χ3n) is 4.40. The molecule has 6 nitrogen and oxygen atoms in total. The van der Waals surface area contributed by atoms with E-state index < -0.39 is 5.91 Å². The Labute approximate surface area is 146 Å². The third kappa shape index (κ3) is 4.09. The zero-order valence-electron chi connectivity index (χ0n) is 14.1. The lowest BCUT2D eigenvalue weighted by Gasteiger charge is -2.34. The van der Waals surface area contributed by atoms with Gasteiger partial charge in [0, 0.05) is 24.3 Å². The van der Waals surface area contributed by atoms with Gasteiger partial charge in [-0.25, -0.2) is 4.79 Å². The van der Waals surface area contributed by atoms with E-state index in [0.717, 1.165) is 12.8 Å². The second kappa shape index (κ2) is 7.25. The van der Waals surface area contributed by atoms with Crippen molar-refractivity contribution in [2.75, 3.05) is 12.4 Å². The van der Waals surface area contributed by atoms with E-state index in [9.17, 15) is 9.59 Å². The standard InChI is InChI=1S/C19H21N3O3/c1-22(15-5-3-6-15)19(24)21-14-8-10-16(11-9-14)25-17-7-2-4-13(12-17)18(20)23/h2,4,7-12,15H,3,5-6H2,1H3,(H2,20,23)(H,21,24). The summed E-state index contributed by atoms with van der Waals surface area (Å²) >= 11 is 0. The van der Waals surface area contributed by atoms with E-state index in [-0.39, 0.29) is 6.03 Å². The lowest BCUT2D eigenvalue weighted by Crippen LogP contribution is -2.43. The smallest absolute Gasteiger partial charge is 0.321 e. The first-order valence-corrected chi connectivity index (χ1v) is 8.24. The van der Waals surface area contributed by atoms with Crippen molar-refractivity contribution in [1.82, 2.24) is 4.90 Å². The van der Waals surface area contributed by atoms with Crippen LogP contribution in [0.15, 0.2) is 48.5 Å². The topological polar surface area (TPSA) is 84.7 Å². The van der Waals surface area contributed by atoms with Crippen LogP contribution in [0.3, 0.4) is 0 Å². The maximum absolute atomic E-state index is 12.2. The summed E-state index contributed by atoms with van der Waals surface area (Å²) in [5.41, 5.74) is 6.36. The first-order valence-electron chi connectivity index (χ1n) is 8.24. The average molecular weight is 339 g/mol. The van der Waals surface area contributed by atoms with Gasteiger partial charge in [-0.1, -0.05) is 6.07 Å². The molecule has 2 aromatic rings.